The van der Waals surface area contributed by atoms with E-state index in [0.29, 0.717) is 37.4 Å². The predicted molar refractivity (Wildman–Crippen MR) is 107 cm³/mol. The summed E-state index contributed by atoms with van der Waals surface area (Å²) in [5, 5.41) is 7.41. The largest absolute Gasteiger partial charge is 0.490 e. The fourth-order valence-corrected chi connectivity index (χ4v) is 2.84. The van der Waals surface area contributed by atoms with Crippen LogP contribution in [0.2, 0.25) is 0 Å². The highest BCUT2D eigenvalue weighted by molar-refractivity contribution is 6.04. The summed E-state index contributed by atoms with van der Waals surface area (Å²) in [5.74, 6) is 1.35. The second-order valence-corrected chi connectivity index (χ2v) is 5.98. The van der Waals surface area contributed by atoms with Gasteiger partial charge in [0.1, 0.15) is 17.5 Å². The van der Waals surface area contributed by atoms with Gasteiger partial charge in [0.2, 0.25) is 5.69 Å². The molecule has 1 aromatic carbocycles. The van der Waals surface area contributed by atoms with Crippen LogP contribution >= 0.6 is 0 Å². The molecular formula is C20H24N4O5. The van der Waals surface area contributed by atoms with Gasteiger partial charge in [0.05, 0.1) is 19.8 Å². The van der Waals surface area contributed by atoms with Crippen LogP contribution in [-0.2, 0) is 11.2 Å². The maximum absolute atomic E-state index is 12.1. The van der Waals surface area contributed by atoms with Crippen molar-refractivity contribution in [2.45, 2.75) is 27.2 Å². The molecule has 1 N–H and O–H groups in total. The van der Waals surface area contributed by atoms with Gasteiger partial charge in [-0.15, -0.1) is 0 Å². The van der Waals surface area contributed by atoms with Crippen LogP contribution in [-0.4, -0.2) is 47.5 Å². The van der Waals surface area contributed by atoms with E-state index in [0.717, 1.165) is 17.1 Å². The average molecular weight is 400 g/mol. The highest BCUT2D eigenvalue weighted by Crippen LogP contribution is 2.29. The molecule has 0 amide bonds. The number of nitrogens with zero attached hydrogens (tertiary/aromatic N) is 3. The molecule has 3 rings (SSSR count). The number of benzene rings is 1. The van der Waals surface area contributed by atoms with Gasteiger partial charge in [0.25, 0.3) is 5.71 Å². The van der Waals surface area contributed by atoms with Crippen LogP contribution < -0.4 is 14.8 Å². The molecule has 0 atom stereocenters. The van der Waals surface area contributed by atoms with E-state index < -0.39 is 5.97 Å². The number of ether oxygens (including phenoxy) is 3. The van der Waals surface area contributed by atoms with Crippen LogP contribution in [0.1, 0.15) is 36.8 Å². The smallest absolute Gasteiger partial charge is 0.361 e. The summed E-state index contributed by atoms with van der Waals surface area (Å²) in [7, 11) is 0. The third-order valence-electron chi connectivity index (χ3n) is 4.06. The Morgan fingerprint density at radius 3 is 2.62 bits per heavy atom. The minimum Gasteiger partial charge on any atom is -0.490 e. The van der Waals surface area contributed by atoms with Gasteiger partial charge in [-0.25, -0.2) is 9.78 Å². The first-order valence-corrected chi connectivity index (χ1v) is 9.57. The van der Waals surface area contributed by atoms with E-state index in [4.69, 9.17) is 18.7 Å². The van der Waals surface area contributed by atoms with Crippen molar-refractivity contribution in [2.24, 2.45) is 0 Å². The predicted octanol–water partition coefficient (Wildman–Crippen LogP) is 3.25. The van der Waals surface area contributed by atoms with Crippen molar-refractivity contribution in [1.29, 1.82) is 0 Å². The van der Waals surface area contributed by atoms with Gasteiger partial charge in [-0.3, -0.25) is 0 Å². The molecular weight excluding hydrogens is 376 g/mol. The van der Waals surface area contributed by atoms with Crippen molar-refractivity contribution in [2.75, 3.05) is 31.7 Å². The normalized spacial score (nSPS) is 10.7. The van der Waals surface area contributed by atoms with Crippen molar-refractivity contribution < 1.29 is 23.5 Å². The number of nitrogens with one attached hydrogen (secondary N) is 1. The lowest BCUT2D eigenvalue weighted by Crippen LogP contribution is -2.10. The molecule has 0 aliphatic rings. The molecule has 9 heteroatoms. The van der Waals surface area contributed by atoms with Crippen LogP contribution in [0.3, 0.4) is 0 Å². The van der Waals surface area contributed by atoms with Crippen LogP contribution in [0.4, 0.5) is 5.82 Å². The van der Waals surface area contributed by atoms with Crippen molar-refractivity contribution >= 4 is 22.9 Å². The van der Waals surface area contributed by atoms with E-state index in [1.54, 1.807) is 6.92 Å². The van der Waals surface area contributed by atoms with E-state index in [1.807, 2.05) is 32.0 Å². The van der Waals surface area contributed by atoms with Crippen molar-refractivity contribution in [3.63, 3.8) is 0 Å². The molecule has 0 bridgehead atoms. The Morgan fingerprint density at radius 1 is 1.07 bits per heavy atom. The number of carbonyl (C=O) groups is 1. The molecule has 0 aliphatic heterocycles. The first-order chi connectivity index (χ1) is 14.2. The lowest BCUT2D eigenvalue weighted by molar-refractivity contribution is 0.0517. The summed E-state index contributed by atoms with van der Waals surface area (Å²) >= 11 is 0. The highest BCUT2D eigenvalue weighted by atomic mass is 16.5. The molecule has 0 spiro atoms. The van der Waals surface area contributed by atoms with Crippen LogP contribution in [0, 0.1) is 0 Å². The van der Waals surface area contributed by atoms with E-state index in [1.165, 1.54) is 6.33 Å². The van der Waals surface area contributed by atoms with Gasteiger partial charge in [-0.2, -0.15) is 4.98 Å². The standard InChI is InChI=1S/C20H24N4O5/c1-4-26-14-8-7-13(11-15(14)27-5-2)9-10-21-18-16-17(20(25)28-6-3)24-29-19(16)23-12-22-18/h7-8,11-12H,4-6,9-10H2,1-3H3,(H,21,22,23). The maximum Gasteiger partial charge on any atom is 0.361 e. The van der Waals surface area contributed by atoms with Crippen molar-refractivity contribution in [3.05, 3.63) is 35.8 Å². The Labute approximate surface area is 168 Å². The van der Waals surface area contributed by atoms with Crippen molar-refractivity contribution in [1.82, 2.24) is 15.1 Å². The van der Waals surface area contributed by atoms with Crippen LogP contribution in [0.25, 0.3) is 11.1 Å². The lowest BCUT2D eigenvalue weighted by atomic mass is 10.1. The number of carbonyl (C=O) groups excluding carboxylic acids is 1. The van der Waals surface area contributed by atoms with Crippen LogP contribution in [0.15, 0.2) is 29.0 Å². The number of rotatable bonds is 10. The monoisotopic (exact) mass is 400 g/mol. The van der Waals surface area contributed by atoms with E-state index in [2.05, 4.69) is 20.4 Å². The van der Waals surface area contributed by atoms with E-state index in [9.17, 15) is 4.79 Å². The highest BCUT2D eigenvalue weighted by Gasteiger charge is 2.22. The number of esters is 1. The van der Waals surface area contributed by atoms with E-state index in [-0.39, 0.29) is 18.0 Å². The Hall–Kier alpha value is -3.36. The fourth-order valence-electron chi connectivity index (χ4n) is 2.84. The first-order valence-electron chi connectivity index (χ1n) is 9.57. The molecule has 0 aliphatic carbocycles. The molecule has 2 heterocycles. The minimum absolute atomic E-state index is 0.0599. The number of hydrogen-bond donors (Lipinski definition) is 1. The molecule has 154 valence electrons. The topological polar surface area (TPSA) is 109 Å². The number of anilines is 1. The molecule has 0 saturated heterocycles. The second-order valence-electron chi connectivity index (χ2n) is 5.98. The lowest BCUT2D eigenvalue weighted by Gasteiger charge is -2.13. The molecule has 29 heavy (non-hydrogen) atoms. The molecule has 0 saturated carbocycles. The summed E-state index contributed by atoms with van der Waals surface area (Å²) in [4.78, 5) is 20.3. The Kier molecular flexibility index (Phi) is 6.83. The maximum atomic E-state index is 12.1. The van der Waals surface area contributed by atoms with E-state index >= 15 is 0 Å². The van der Waals surface area contributed by atoms with Crippen molar-refractivity contribution in [3.8, 4) is 11.5 Å². The molecule has 9 nitrogen and oxygen atoms in total. The zero-order valence-corrected chi connectivity index (χ0v) is 16.7. The second kappa shape index (κ2) is 9.72. The molecule has 2 aromatic heterocycles. The molecule has 0 unspecified atom stereocenters. The summed E-state index contributed by atoms with van der Waals surface area (Å²) < 4.78 is 21.4. The number of hydrogen-bond acceptors (Lipinski definition) is 9. The summed E-state index contributed by atoms with van der Waals surface area (Å²) in [6.07, 6.45) is 2.06. The van der Waals surface area contributed by atoms with Gasteiger partial charge in [-0.05, 0) is 44.9 Å². The third kappa shape index (κ3) is 4.74. The summed E-state index contributed by atoms with van der Waals surface area (Å²) in [6.45, 7) is 7.54. The first kappa shape index (κ1) is 20.4. The molecule has 0 radical (unpaired) electrons. The van der Waals surface area contributed by atoms with Gasteiger partial charge in [-0.1, -0.05) is 11.2 Å². The van der Waals surface area contributed by atoms with Gasteiger partial charge < -0.3 is 24.1 Å². The quantitative estimate of drug-likeness (QED) is 0.513. The Balaban J connectivity index is 1.74. The third-order valence-corrected chi connectivity index (χ3v) is 4.06. The van der Waals surface area contributed by atoms with Crippen LogP contribution in [0.5, 0.6) is 11.5 Å². The van der Waals surface area contributed by atoms with Gasteiger partial charge in [0.15, 0.2) is 11.5 Å². The zero-order chi connectivity index (χ0) is 20.6. The molecule has 3 aromatic rings. The molecule has 0 fully saturated rings. The average Bonchev–Trinajstić information content (AvgIpc) is 3.16. The summed E-state index contributed by atoms with van der Waals surface area (Å²) in [6, 6.07) is 5.87. The minimum atomic E-state index is -0.572. The number of aromatic nitrogens is 3. The Morgan fingerprint density at radius 2 is 1.86 bits per heavy atom. The number of fused-ring (bicyclic) bond motifs is 1. The Bertz CT molecular complexity index is 973. The van der Waals surface area contributed by atoms with Gasteiger partial charge >= 0.3 is 5.97 Å². The SMILES string of the molecule is CCOC(=O)c1noc2ncnc(NCCc3ccc(OCC)c(OCC)c3)c12. The zero-order valence-electron chi connectivity index (χ0n) is 16.7. The van der Waals surface area contributed by atoms with Gasteiger partial charge in [0, 0.05) is 6.54 Å². The summed E-state index contributed by atoms with van der Waals surface area (Å²) in [5.41, 5.74) is 1.36. The fraction of sp³-hybridized carbons (Fsp3) is 0.400.